The predicted octanol–water partition coefficient (Wildman–Crippen LogP) is 1.96. The molecule has 0 amide bonds. The minimum atomic E-state index is -3.49. The Labute approximate surface area is 96.5 Å². The summed E-state index contributed by atoms with van der Waals surface area (Å²) in [5, 5.41) is 9.37. The van der Waals surface area contributed by atoms with Gasteiger partial charge < -0.3 is 5.11 Å². The number of aliphatic hydroxyl groups excluding tert-OH is 1. The van der Waals surface area contributed by atoms with Crippen LogP contribution in [-0.4, -0.2) is 19.6 Å². The molecule has 80 valence electrons. The lowest BCUT2D eigenvalue weighted by atomic mass is 10.2. The molecule has 5 heteroatoms. The number of hydrogen-bond donors (Lipinski definition) is 1. The van der Waals surface area contributed by atoms with Gasteiger partial charge in [-0.15, -0.1) is 0 Å². The van der Waals surface area contributed by atoms with E-state index in [9.17, 15) is 13.5 Å². The third kappa shape index (κ3) is 1.64. The van der Waals surface area contributed by atoms with Crippen LogP contribution in [0.25, 0.3) is 6.08 Å². The first kappa shape index (κ1) is 10.9. The lowest BCUT2D eigenvalue weighted by Gasteiger charge is -2.05. The summed E-state index contributed by atoms with van der Waals surface area (Å²) in [6.07, 6.45) is 0.545. The molecule has 15 heavy (non-hydrogen) atoms. The van der Waals surface area contributed by atoms with E-state index in [2.05, 4.69) is 15.9 Å². The maximum Gasteiger partial charge on any atom is 0.205 e. The van der Waals surface area contributed by atoms with Gasteiger partial charge in [0.05, 0.1) is 15.9 Å². The van der Waals surface area contributed by atoms with E-state index in [4.69, 9.17) is 0 Å². The van der Waals surface area contributed by atoms with Crippen LogP contribution >= 0.6 is 15.9 Å². The molecule has 0 saturated carbocycles. The minimum absolute atomic E-state index is 0.0654. The lowest BCUT2D eigenvalue weighted by molar-refractivity contribution is 0.240. The fourth-order valence-corrected chi connectivity index (χ4v) is 3.78. The van der Waals surface area contributed by atoms with Crippen LogP contribution in [0.3, 0.4) is 0 Å². The first-order chi connectivity index (χ1) is 6.93. The van der Waals surface area contributed by atoms with E-state index < -0.39 is 15.9 Å². The largest absolute Gasteiger partial charge is 0.388 e. The van der Waals surface area contributed by atoms with Crippen LogP contribution in [0.4, 0.5) is 0 Å². The molecule has 0 spiro atoms. The molecule has 1 aliphatic rings. The molecule has 2 rings (SSSR count). The van der Waals surface area contributed by atoms with Crippen molar-refractivity contribution in [1.29, 1.82) is 0 Å². The highest BCUT2D eigenvalue weighted by Gasteiger charge is 2.32. The summed E-state index contributed by atoms with van der Waals surface area (Å²) in [5.41, 5.74) is 0.633. The van der Waals surface area contributed by atoms with E-state index in [1.54, 1.807) is 18.2 Å². The van der Waals surface area contributed by atoms with Gasteiger partial charge in [-0.05, 0) is 30.7 Å². The predicted molar refractivity (Wildman–Crippen MR) is 61.0 cm³/mol. The zero-order chi connectivity index (χ0) is 11.2. The van der Waals surface area contributed by atoms with Crippen LogP contribution in [0, 0.1) is 0 Å². The number of rotatable bonds is 1. The fraction of sp³-hybridized carbons (Fsp3) is 0.200. The monoisotopic (exact) mass is 288 g/mol. The second-order valence-corrected chi connectivity index (χ2v) is 6.24. The van der Waals surface area contributed by atoms with Gasteiger partial charge in [0, 0.05) is 4.47 Å². The molecule has 0 bridgehead atoms. The Morgan fingerprint density at radius 3 is 2.67 bits per heavy atom. The number of fused-ring (bicyclic) bond motifs is 1. The van der Waals surface area contributed by atoms with Crippen LogP contribution in [-0.2, 0) is 9.84 Å². The molecule has 1 aromatic carbocycles. The summed E-state index contributed by atoms with van der Waals surface area (Å²) in [6, 6.07) is 5.04. The molecule has 1 aromatic rings. The summed E-state index contributed by atoms with van der Waals surface area (Å²) < 4.78 is 24.6. The molecule has 1 unspecified atom stereocenters. The highest BCUT2D eigenvalue weighted by molar-refractivity contribution is 9.10. The number of sulfone groups is 1. The van der Waals surface area contributed by atoms with Gasteiger partial charge in [0.2, 0.25) is 9.84 Å². The Morgan fingerprint density at radius 2 is 2.07 bits per heavy atom. The van der Waals surface area contributed by atoms with Crippen molar-refractivity contribution in [3.05, 3.63) is 33.1 Å². The smallest absolute Gasteiger partial charge is 0.205 e. The maximum absolute atomic E-state index is 11.9. The van der Waals surface area contributed by atoms with Crippen LogP contribution in [0.5, 0.6) is 0 Å². The van der Waals surface area contributed by atoms with Crippen molar-refractivity contribution in [2.75, 3.05) is 0 Å². The van der Waals surface area contributed by atoms with Gasteiger partial charge in [0.15, 0.2) is 0 Å². The first-order valence-electron chi connectivity index (χ1n) is 4.37. The molecule has 1 atom stereocenters. The molecule has 0 fully saturated rings. The summed E-state index contributed by atoms with van der Waals surface area (Å²) in [7, 11) is -3.49. The lowest BCUT2D eigenvalue weighted by Crippen LogP contribution is -2.12. The van der Waals surface area contributed by atoms with Gasteiger partial charge >= 0.3 is 0 Å². The van der Waals surface area contributed by atoms with Crippen LogP contribution in [0.1, 0.15) is 12.5 Å². The van der Waals surface area contributed by atoms with Gasteiger partial charge in [0.25, 0.3) is 0 Å². The van der Waals surface area contributed by atoms with E-state index in [1.807, 2.05) is 0 Å². The van der Waals surface area contributed by atoms with Crippen molar-refractivity contribution in [3.63, 3.8) is 0 Å². The van der Waals surface area contributed by atoms with Crippen molar-refractivity contribution in [2.45, 2.75) is 17.9 Å². The first-order valence-corrected chi connectivity index (χ1v) is 6.65. The Kier molecular flexibility index (Phi) is 2.48. The molecular weight excluding hydrogens is 280 g/mol. The van der Waals surface area contributed by atoms with Crippen molar-refractivity contribution in [3.8, 4) is 0 Å². The van der Waals surface area contributed by atoms with Gasteiger partial charge in [-0.3, -0.25) is 0 Å². The molecule has 1 aliphatic heterocycles. The van der Waals surface area contributed by atoms with E-state index in [0.717, 1.165) is 0 Å². The van der Waals surface area contributed by atoms with Crippen molar-refractivity contribution in [1.82, 2.24) is 0 Å². The Morgan fingerprint density at radius 1 is 1.40 bits per heavy atom. The second-order valence-electron chi connectivity index (χ2n) is 3.41. The van der Waals surface area contributed by atoms with E-state index in [1.165, 1.54) is 13.0 Å². The number of benzene rings is 1. The summed E-state index contributed by atoms with van der Waals surface area (Å²) in [5.74, 6) is 0. The Hall–Kier alpha value is -0.650. The van der Waals surface area contributed by atoms with Gasteiger partial charge in [-0.1, -0.05) is 22.0 Å². The van der Waals surface area contributed by atoms with E-state index in [-0.39, 0.29) is 9.80 Å². The van der Waals surface area contributed by atoms with Gasteiger partial charge in [-0.25, -0.2) is 8.42 Å². The zero-order valence-corrected chi connectivity index (χ0v) is 10.3. The third-order valence-corrected chi connectivity index (χ3v) is 4.79. The van der Waals surface area contributed by atoms with E-state index >= 15 is 0 Å². The van der Waals surface area contributed by atoms with Crippen LogP contribution < -0.4 is 0 Å². The average Bonchev–Trinajstić information content (AvgIpc) is 2.39. The number of aliphatic hydroxyl groups is 1. The molecule has 0 radical (unpaired) electrons. The normalized spacial score (nSPS) is 19.5. The summed E-state index contributed by atoms with van der Waals surface area (Å²) >= 11 is 3.22. The molecule has 3 nitrogen and oxygen atoms in total. The summed E-state index contributed by atoms with van der Waals surface area (Å²) in [6.45, 7) is 1.45. The van der Waals surface area contributed by atoms with Gasteiger partial charge in [-0.2, -0.15) is 0 Å². The zero-order valence-electron chi connectivity index (χ0n) is 7.94. The highest BCUT2D eigenvalue weighted by Crippen LogP contribution is 2.35. The average molecular weight is 289 g/mol. The minimum Gasteiger partial charge on any atom is -0.388 e. The SMILES string of the molecule is CC(O)C1=Cc2ccc(Br)cc2S1(=O)=O. The molecule has 1 heterocycles. The van der Waals surface area contributed by atoms with E-state index in [0.29, 0.717) is 10.0 Å². The fourth-order valence-electron chi connectivity index (χ4n) is 1.56. The quantitative estimate of drug-likeness (QED) is 0.859. The summed E-state index contributed by atoms with van der Waals surface area (Å²) in [4.78, 5) is 0.323. The second kappa shape index (κ2) is 3.43. The molecular formula is C10H9BrO3S. The maximum atomic E-state index is 11.9. The molecule has 0 saturated heterocycles. The molecule has 0 aromatic heterocycles. The molecule has 0 aliphatic carbocycles. The number of halogens is 1. The van der Waals surface area contributed by atoms with Gasteiger partial charge in [0.1, 0.15) is 0 Å². The molecule has 1 N–H and O–H groups in total. The van der Waals surface area contributed by atoms with Crippen LogP contribution in [0.2, 0.25) is 0 Å². The third-order valence-electron chi connectivity index (χ3n) is 2.28. The Balaban J connectivity index is 2.69. The van der Waals surface area contributed by atoms with Crippen LogP contribution in [0.15, 0.2) is 32.5 Å². The van der Waals surface area contributed by atoms with Crippen molar-refractivity contribution in [2.24, 2.45) is 0 Å². The number of hydrogen-bond acceptors (Lipinski definition) is 3. The Bertz CT molecular complexity index is 544. The topological polar surface area (TPSA) is 54.4 Å². The highest BCUT2D eigenvalue weighted by atomic mass is 79.9. The van der Waals surface area contributed by atoms with Crippen molar-refractivity contribution < 1.29 is 13.5 Å². The standard InChI is InChI=1S/C10H9BrO3S/c1-6(12)9-4-7-2-3-8(11)5-10(7)15(9,13)14/h2-6,12H,1H3. The van der Waals surface area contributed by atoms with Crippen molar-refractivity contribution >= 4 is 31.8 Å².